The lowest BCUT2D eigenvalue weighted by Crippen LogP contribution is -2.50. The van der Waals surface area contributed by atoms with Crippen LogP contribution in [0.25, 0.3) is 0 Å². The van der Waals surface area contributed by atoms with E-state index < -0.39 is 47.4 Å². The van der Waals surface area contributed by atoms with Gasteiger partial charge in [-0.15, -0.1) is 0 Å². The van der Waals surface area contributed by atoms with Crippen LogP contribution in [0.4, 0.5) is 13.2 Å². The van der Waals surface area contributed by atoms with Gasteiger partial charge in [0.2, 0.25) is 25.8 Å². The molecule has 0 aliphatic carbocycles. The van der Waals surface area contributed by atoms with Gasteiger partial charge >= 0.3 is 6.18 Å². The molecular formula is C24H28F3N3O6S2. The minimum atomic E-state index is -5.03. The molecule has 2 fully saturated rings. The molecule has 0 atom stereocenters. The molecule has 2 saturated heterocycles. The minimum absolute atomic E-state index is 0.105. The number of morpholine rings is 1. The van der Waals surface area contributed by atoms with Gasteiger partial charge in [-0.3, -0.25) is 9.69 Å². The monoisotopic (exact) mass is 575 g/mol. The number of nitrogens with one attached hydrogen (secondary N) is 1. The quantitative estimate of drug-likeness (QED) is 0.538. The second-order valence-corrected chi connectivity index (χ2v) is 12.8. The zero-order valence-electron chi connectivity index (χ0n) is 20.4. The molecule has 0 unspecified atom stereocenters. The number of hydrogen-bond acceptors (Lipinski definition) is 7. The van der Waals surface area contributed by atoms with E-state index in [-0.39, 0.29) is 43.3 Å². The van der Waals surface area contributed by atoms with Crippen molar-refractivity contribution in [3.8, 4) is 0 Å². The Bertz CT molecular complexity index is 1350. The molecule has 0 bridgehead atoms. The maximum Gasteiger partial charge on any atom is 0.417 e. The van der Waals surface area contributed by atoms with Gasteiger partial charge in [-0.1, -0.05) is 18.2 Å². The van der Waals surface area contributed by atoms with Crippen molar-refractivity contribution in [3.05, 3.63) is 54.1 Å². The number of benzene rings is 2. The Labute approximate surface area is 219 Å². The van der Waals surface area contributed by atoms with E-state index in [0.717, 1.165) is 6.07 Å². The molecule has 14 heteroatoms. The first-order valence-corrected chi connectivity index (χ1v) is 15.0. The highest BCUT2D eigenvalue weighted by Crippen LogP contribution is 2.36. The predicted octanol–water partition coefficient (Wildman–Crippen LogP) is 2.14. The standard InChI is InChI=1S/C24H28F3N3O6S2/c25-24(26,27)21-7-6-20(37(32,33)19-4-2-1-3-5-19)16-22(21)38(34,35)28-18-8-10-30(11-9-18)23(31)17-29-12-14-36-15-13-29/h1-7,16,18,28H,8-15,17H2. The van der Waals surface area contributed by atoms with Crippen molar-refractivity contribution in [2.45, 2.75) is 39.7 Å². The normalized spacial score (nSPS) is 18.4. The summed E-state index contributed by atoms with van der Waals surface area (Å²) in [7, 11) is -9.02. The van der Waals surface area contributed by atoms with E-state index >= 15 is 0 Å². The van der Waals surface area contributed by atoms with Gasteiger partial charge in [-0.2, -0.15) is 13.2 Å². The van der Waals surface area contributed by atoms with Crippen LogP contribution in [0.3, 0.4) is 0 Å². The maximum atomic E-state index is 13.7. The predicted molar refractivity (Wildman–Crippen MR) is 131 cm³/mol. The largest absolute Gasteiger partial charge is 0.417 e. The molecule has 2 aromatic rings. The Hall–Kier alpha value is -2.52. The van der Waals surface area contributed by atoms with E-state index in [0.29, 0.717) is 38.4 Å². The third-order valence-electron chi connectivity index (χ3n) is 6.54. The molecule has 0 spiro atoms. The lowest BCUT2D eigenvalue weighted by Gasteiger charge is -2.34. The highest BCUT2D eigenvalue weighted by Gasteiger charge is 2.39. The van der Waals surface area contributed by atoms with Crippen molar-refractivity contribution in [1.29, 1.82) is 0 Å². The molecule has 1 amide bonds. The fourth-order valence-corrected chi connectivity index (χ4v) is 7.38. The van der Waals surface area contributed by atoms with Gasteiger partial charge in [0.15, 0.2) is 0 Å². The van der Waals surface area contributed by atoms with Crippen molar-refractivity contribution in [2.75, 3.05) is 45.9 Å². The molecule has 0 radical (unpaired) electrons. The number of sulfone groups is 1. The van der Waals surface area contributed by atoms with Gasteiger partial charge in [0.1, 0.15) is 0 Å². The third kappa shape index (κ3) is 6.54. The number of ether oxygens (including phenoxy) is 1. The van der Waals surface area contributed by atoms with Crippen LogP contribution >= 0.6 is 0 Å². The molecule has 9 nitrogen and oxygen atoms in total. The van der Waals surface area contributed by atoms with Gasteiger partial charge in [-0.25, -0.2) is 21.6 Å². The molecule has 4 rings (SSSR count). The molecule has 2 heterocycles. The number of alkyl halides is 3. The summed E-state index contributed by atoms with van der Waals surface area (Å²) in [6.45, 7) is 3.08. The SMILES string of the molecule is O=C(CN1CCOCC1)N1CCC(NS(=O)(=O)c2cc(S(=O)(=O)c3ccccc3)ccc2C(F)(F)F)CC1. The first-order chi connectivity index (χ1) is 17.9. The molecule has 2 aromatic carbocycles. The highest BCUT2D eigenvalue weighted by molar-refractivity contribution is 7.91. The summed E-state index contributed by atoms with van der Waals surface area (Å²) in [6, 6.07) is 8.08. The number of halogens is 3. The molecule has 2 aliphatic heterocycles. The fraction of sp³-hybridized carbons (Fsp3) is 0.458. The second-order valence-electron chi connectivity index (χ2n) is 9.14. The summed E-state index contributed by atoms with van der Waals surface area (Å²) >= 11 is 0. The number of nitrogens with zero attached hydrogens (tertiary/aromatic N) is 2. The van der Waals surface area contributed by atoms with Crippen molar-refractivity contribution in [2.24, 2.45) is 0 Å². The Balaban J connectivity index is 1.51. The van der Waals surface area contributed by atoms with Gasteiger partial charge in [-0.05, 0) is 43.2 Å². The number of hydrogen-bond donors (Lipinski definition) is 1. The number of amides is 1. The van der Waals surface area contributed by atoms with E-state index in [2.05, 4.69) is 4.72 Å². The first-order valence-electron chi connectivity index (χ1n) is 12.0. The zero-order valence-corrected chi connectivity index (χ0v) is 22.0. The number of piperidine rings is 1. The first kappa shape index (κ1) is 28.5. The Kier molecular flexibility index (Phi) is 8.47. The Morgan fingerprint density at radius 1 is 0.921 bits per heavy atom. The summed E-state index contributed by atoms with van der Waals surface area (Å²) in [5.74, 6) is -0.105. The van der Waals surface area contributed by atoms with Crippen molar-refractivity contribution < 1.29 is 39.5 Å². The number of rotatable bonds is 7. The number of sulfonamides is 1. The topological polar surface area (TPSA) is 113 Å². The van der Waals surface area contributed by atoms with Crippen LogP contribution in [-0.4, -0.2) is 84.5 Å². The van der Waals surface area contributed by atoms with Gasteiger partial charge in [0.25, 0.3) is 0 Å². The fourth-order valence-electron chi connectivity index (χ4n) is 4.44. The van der Waals surface area contributed by atoms with E-state index in [1.54, 1.807) is 11.0 Å². The Morgan fingerprint density at radius 3 is 2.16 bits per heavy atom. The average molecular weight is 576 g/mol. The number of likely N-dealkylation sites (tertiary alicyclic amines) is 1. The van der Waals surface area contributed by atoms with Gasteiger partial charge in [0, 0.05) is 32.2 Å². The second kappa shape index (κ2) is 11.3. The molecule has 38 heavy (non-hydrogen) atoms. The zero-order chi connectivity index (χ0) is 27.6. The van der Waals surface area contributed by atoms with Crippen LogP contribution in [0.1, 0.15) is 18.4 Å². The minimum Gasteiger partial charge on any atom is -0.379 e. The van der Waals surface area contributed by atoms with E-state index in [1.165, 1.54) is 24.3 Å². The van der Waals surface area contributed by atoms with E-state index in [4.69, 9.17) is 4.74 Å². The van der Waals surface area contributed by atoms with Crippen molar-refractivity contribution in [1.82, 2.24) is 14.5 Å². The van der Waals surface area contributed by atoms with Crippen molar-refractivity contribution >= 4 is 25.8 Å². The summed E-state index contributed by atoms with van der Waals surface area (Å²) in [6.07, 6.45) is -4.62. The molecular weight excluding hydrogens is 547 g/mol. The van der Waals surface area contributed by atoms with Crippen LogP contribution in [-0.2, 0) is 35.6 Å². The van der Waals surface area contributed by atoms with E-state index in [9.17, 15) is 34.8 Å². The van der Waals surface area contributed by atoms with Crippen LogP contribution in [0, 0.1) is 0 Å². The van der Waals surface area contributed by atoms with Crippen LogP contribution in [0.2, 0.25) is 0 Å². The summed E-state index contributed by atoms with van der Waals surface area (Å²) in [5, 5.41) is 0. The maximum absolute atomic E-state index is 13.7. The van der Waals surface area contributed by atoms with Gasteiger partial charge in [0.05, 0.1) is 40.0 Å². The van der Waals surface area contributed by atoms with E-state index in [1.807, 2.05) is 4.90 Å². The molecule has 1 N–H and O–H groups in total. The van der Waals surface area contributed by atoms with Crippen molar-refractivity contribution in [3.63, 3.8) is 0 Å². The molecule has 2 aliphatic rings. The summed E-state index contributed by atoms with van der Waals surface area (Å²) in [5.41, 5.74) is -1.46. The number of carbonyl (C=O) groups excluding carboxylic acids is 1. The van der Waals surface area contributed by atoms with Crippen LogP contribution in [0.15, 0.2) is 63.2 Å². The van der Waals surface area contributed by atoms with Crippen LogP contribution in [0.5, 0.6) is 0 Å². The smallest absolute Gasteiger partial charge is 0.379 e. The Morgan fingerprint density at radius 2 is 1.55 bits per heavy atom. The third-order valence-corrected chi connectivity index (χ3v) is 9.87. The average Bonchev–Trinajstić information content (AvgIpc) is 2.89. The molecule has 0 saturated carbocycles. The number of carbonyl (C=O) groups is 1. The lowest BCUT2D eigenvalue weighted by molar-refractivity contribution is -0.140. The lowest BCUT2D eigenvalue weighted by atomic mass is 10.1. The molecule has 208 valence electrons. The van der Waals surface area contributed by atoms with Gasteiger partial charge < -0.3 is 9.64 Å². The summed E-state index contributed by atoms with van der Waals surface area (Å²) < 4.78 is 101. The molecule has 0 aromatic heterocycles. The summed E-state index contributed by atoms with van der Waals surface area (Å²) in [4.78, 5) is 14.3. The highest BCUT2D eigenvalue weighted by atomic mass is 32.2. The van der Waals surface area contributed by atoms with Crippen LogP contribution < -0.4 is 4.72 Å².